The minimum atomic E-state index is -0.492. The van der Waals surface area contributed by atoms with E-state index in [2.05, 4.69) is 0 Å². The van der Waals surface area contributed by atoms with Gasteiger partial charge in [-0.05, 0) is 12.8 Å². The highest BCUT2D eigenvalue weighted by Crippen LogP contribution is 2.08. The zero-order valence-corrected chi connectivity index (χ0v) is 10.0. The van der Waals surface area contributed by atoms with Crippen LogP contribution in [0.2, 0.25) is 0 Å². The minimum Gasteiger partial charge on any atom is -0.466 e. The van der Waals surface area contributed by atoms with Gasteiger partial charge in [-0.25, -0.2) is 0 Å². The van der Waals surface area contributed by atoms with Crippen LogP contribution in [-0.4, -0.2) is 36.1 Å². The molecule has 0 aliphatic heterocycles. The first-order valence-electron chi connectivity index (χ1n) is 5.34. The highest BCUT2D eigenvalue weighted by atomic mass is 16.6. The molecule has 0 fully saturated rings. The van der Waals surface area contributed by atoms with Crippen molar-refractivity contribution >= 4 is 11.9 Å². The van der Waals surface area contributed by atoms with Crippen molar-refractivity contribution in [3.63, 3.8) is 0 Å². The van der Waals surface area contributed by atoms with Gasteiger partial charge in [-0.1, -0.05) is 0 Å². The van der Waals surface area contributed by atoms with Crippen molar-refractivity contribution in [2.75, 3.05) is 13.2 Å². The number of rotatable bonds is 8. The number of ether oxygens (including phenoxy) is 2. The molecule has 98 valence electrons. The third-order valence-corrected chi connectivity index (χ3v) is 1.94. The molecule has 0 N–H and O–H groups in total. The Morgan fingerprint density at radius 3 is 2.35 bits per heavy atom. The molecule has 0 saturated carbocycles. The monoisotopic (exact) mass is 247 g/mol. The van der Waals surface area contributed by atoms with E-state index >= 15 is 0 Å². The molecule has 0 unspecified atom stereocenters. The summed E-state index contributed by atoms with van der Waals surface area (Å²) >= 11 is 0. The van der Waals surface area contributed by atoms with Gasteiger partial charge in [-0.2, -0.15) is 0 Å². The topological polar surface area (TPSA) is 95.7 Å². The summed E-state index contributed by atoms with van der Waals surface area (Å²) in [6.07, 6.45) is 0.635. The van der Waals surface area contributed by atoms with Gasteiger partial charge < -0.3 is 9.47 Å². The average Bonchev–Trinajstić information content (AvgIpc) is 2.19. The van der Waals surface area contributed by atoms with Gasteiger partial charge >= 0.3 is 11.9 Å². The molecular weight excluding hydrogens is 230 g/mol. The molecular formula is C10H17NO6. The Morgan fingerprint density at radius 1 is 1.24 bits per heavy atom. The fourth-order valence-electron chi connectivity index (χ4n) is 1.27. The Hall–Kier alpha value is -1.66. The van der Waals surface area contributed by atoms with E-state index in [1.54, 1.807) is 0 Å². The van der Waals surface area contributed by atoms with Crippen LogP contribution in [0.4, 0.5) is 0 Å². The van der Waals surface area contributed by atoms with E-state index in [1.807, 2.05) is 0 Å². The highest BCUT2D eigenvalue weighted by molar-refractivity contribution is 5.66. The van der Waals surface area contributed by atoms with Crippen LogP contribution in [0.1, 0.15) is 33.1 Å². The quantitative estimate of drug-likeness (QED) is 0.274. The van der Waals surface area contributed by atoms with E-state index in [4.69, 9.17) is 9.47 Å². The SMILES string of the molecule is CC(=O)OCCC[C@H](CC[N+](=O)[O-])OC(C)=O. The van der Waals surface area contributed by atoms with Gasteiger partial charge in [0.15, 0.2) is 0 Å². The summed E-state index contributed by atoms with van der Waals surface area (Å²) in [5.74, 6) is -0.842. The first-order valence-corrected chi connectivity index (χ1v) is 5.34. The number of esters is 2. The van der Waals surface area contributed by atoms with E-state index < -0.39 is 17.0 Å². The Bertz CT molecular complexity index is 278. The van der Waals surface area contributed by atoms with Gasteiger partial charge in [0.25, 0.3) is 0 Å². The van der Waals surface area contributed by atoms with Crippen molar-refractivity contribution in [1.29, 1.82) is 0 Å². The number of carbonyl (C=O) groups is 2. The molecule has 0 amide bonds. The van der Waals surface area contributed by atoms with E-state index in [9.17, 15) is 19.7 Å². The molecule has 0 aliphatic carbocycles. The molecule has 0 aliphatic rings. The molecule has 1 atom stereocenters. The van der Waals surface area contributed by atoms with Crippen LogP contribution < -0.4 is 0 Å². The second-order valence-electron chi connectivity index (χ2n) is 3.56. The Kier molecular flexibility index (Phi) is 7.66. The molecule has 0 bridgehead atoms. The number of carbonyl (C=O) groups excluding carboxylic acids is 2. The van der Waals surface area contributed by atoms with Crippen molar-refractivity contribution in [3.8, 4) is 0 Å². The zero-order valence-electron chi connectivity index (χ0n) is 10.0. The maximum Gasteiger partial charge on any atom is 0.302 e. The van der Waals surface area contributed by atoms with Gasteiger partial charge in [-0.3, -0.25) is 19.7 Å². The van der Waals surface area contributed by atoms with Crippen LogP contribution in [0, 0.1) is 10.1 Å². The predicted octanol–water partition coefficient (Wildman–Crippen LogP) is 0.928. The summed E-state index contributed by atoms with van der Waals surface area (Å²) in [6.45, 7) is 2.54. The molecule has 0 spiro atoms. The van der Waals surface area contributed by atoms with Crippen LogP contribution in [0.25, 0.3) is 0 Å². The van der Waals surface area contributed by atoms with E-state index in [0.717, 1.165) is 0 Å². The summed E-state index contributed by atoms with van der Waals surface area (Å²) in [4.78, 5) is 31.0. The minimum absolute atomic E-state index is 0.173. The van der Waals surface area contributed by atoms with Crippen molar-refractivity contribution in [2.24, 2.45) is 0 Å². The van der Waals surface area contributed by atoms with Crippen molar-refractivity contribution in [1.82, 2.24) is 0 Å². The Balaban J connectivity index is 3.88. The van der Waals surface area contributed by atoms with Crippen molar-refractivity contribution in [3.05, 3.63) is 10.1 Å². The fraction of sp³-hybridized carbons (Fsp3) is 0.800. The molecule has 0 aromatic heterocycles. The molecule has 0 heterocycles. The van der Waals surface area contributed by atoms with Crippen molar-refractivity contribution < 1.29 is 24.0 Å². The van der Waals surface area contributed by atoms with Gasteiger partial charge in [-0.15, -0.1) is 0 Å². The van der Waals surface area contributed by atoms with Crippen LogP contribution in [-0.2, 0) is 19.1 Å². The van der Waals surface area contributed by atoms with Gasteiger partial charge in [0.1, 0.15) is 6.10 Å². The lowest BCUT2D eigenvalue weighted by molar-refractivity contribution is -0.482. The van der Waals surface area contributed by atoms with E-state index in [-0.39, 0.29) is 25.5 Å². The second kappa shape index (κ2) is 8.49. The number of hydrogen-bond donors (Lipinski definition) is 0. The van der Waals surface area contributed by atoms with Gasteiger partial charge in [0, 0.05) is 25.2 Å². The molecule has 0 radical (unpaired) electrons. The smallest absolute Gasteiger partial charge is 0.302 e. The van der Waals surface area contributed by atoms with Crippen molar-refractivity contribution in [2.45, 2.75) is 39.2 Å². The van der Waals surface area contributed by atoms with Crippen LogP contribution >= 0.6 is 0 Å². The average molecular weight is 247 g/mol. The first kappa shape index (κ1) is 15.3. The molecule has 0 rings (SSSR count). The number of nitro groups is 1. The second-order valence-corrected chi connectivity index (χ2v) is 3.56. The number of hydrogen-bond acceptors (Lipinski definition) is 6. The van der Waals surface area contributed by atoms with Gasteiger partial charge in [0.2, 0.25) is 6.54 Å². The lowest BCUT2D eigenvalue weighted by Gasteiger charge is -2.14. The van der Waals surface area contributed by atoms with Crippen LogP contribution in [0.3, 0.4) is 0 Å². The molecule has 7 heteroatoms. The fourth-order valence-corrected chi connectivity index (χ4v) is 1.27. The lowest BCUT2D eigenvalue weighted by Crippen LogP contribution is -2.20. The summed E-state index contributed by atoms with van der Waals surface area (Å²) in [7, 11) is 0. The normalized spacial score (nSPS) is 11.6. The Labute approximate surface area is 99.2 Å². The standard InChI is InChI=1S/C10H17NO6/c1-8(12)16-7-3-4-10(17-9(2)13)5-6-11(14)15/h10H,3-7H2,1-2H3/t10-/m1/s1. The van der Waals surface area contributed by atoms with E-state index in [0.29, 0.717) is 12.8 Å². The summed E-state index contributed by atoms with van der Waals surface area (Å²) in [5, 5.41) is 10.2. The Morgan fingerprint density at radius 2 is 1.88 bits per heavy atom. The maximum atomic E-state index is 10.8. The van der Waals surface area contributed by atoms with Crippen LogP contribution in [0.5, 0.6) is 0 Å². The molecule has 17 heavy (non-hydrogen) atoms. The third-order valence-electron chi connectivity index (χ3n) is 1.94. The summed E-state index contributed by atoms with van der Waals surface area (Å²) < 4.78 is 9.63. The summed E-state index contributed by atoms with van der Waals surface area (Å²) in [5.41, 5.74) is 0. The zero-order chi connectivity index (χ0) is 13.3. The lowest BCUT2D eigenvalue weighted by atomic mass is 10.1. The molecule has 0 aromatic rings. The summed E-state index contributed by atoms with van der Waals surface area (Å²) in [6, 6.07) is 0. The highest BCUT2D eigenvalue weighted by Gasteiger charge is 2.15. The number of nitrogens with zero attached hydrogens (tertiary/aromatic N) is 1. The molecule has 7 nitrogen and oxygen atoms in total. The third kappa shape index (κ3) is 10.6. The van der Waals surface area contributed by atoms with E-state index in [1.165, 1.54) is 13.8 Å². The van der Waals surface area contributed by atoms with Crippen LogP contribution in [0.15, 0.2) is 0 Å². The van der Waals surface area contributed by atoms with Gasteiger partial charge in [0.05, 0.1) is 6.61 Å². The molecule has 0 aromatic carbocycles. The largest absolute Gasteiger partial charge is 0.466 e. The predicted molar refractivity (Wildman–Crippen MR) is 57.9 cm³/mol. The first-order chi connectivity index (χ1) is 7.91. The maximum absolute atomic E-state index is 10.8. The molecule has 0 saturated heterocycles.